The van der Waals surface area contributed by atoms with E-state index in [1.165, 1.54) is 0 Å². The first-order valence-electron chi connectivity index (χ1n) is 5.33. The molecule has 1 saturated heterocycles. The van der Waals surface area contributed by atoms with E-state index < -0.39 is 0 Å². The van der Waals surface area contributed by atoms with Crippen LogP contribution < -0.4 is 5.32 Å². The first kappa shape index (κ1) is 10.8. The molecule has 1 aromatic carbocycles. The molecule has 0 saturated carbocycles. The molecule has 16 heavy (non-hydrogen) atoms. The van der Waals surface area contributed by atoms with E-state index in [1.54, 1.807) is 12.1 Å². The Kier molecular flexibility index (Phi) is 3.31. The molecule has 0 atom stereocenters. The second-order valence-corrected chi connectivity index (χ2v) is 3.85. The Bertz CT molecular complexity index is 389. The van der Waals surface area contributed by atoms with Crippen molar-refractivity contribution in [3.05, 3.63) is 35.9 Å². The first-order chi connectivity index (χ1) is 7.75. The highest BCUT2D eigenvalue weighted by atomic mass is 16.2. The average molecular weight is 218 g/mol. The van der Waals surface area contributed by atoms with Crippen LogP contribution in [-0.4, -0.2) is 42.8 Å². The van der Waals surface area contributed by atoms with E-state index in [1.807, 2.05) is 23.1 Å². The largest absolute Gasteiger partial charge is 0.354 e. The Morgan fingerprint density at radius 2 is 2.06 bits per heavy atom. The fraction of sp³-hybridized carbons (Fsp3) is 0.333. The van der Waals surface area contributed by atoms with Gasteiger partial charge < -0.3 is 5.32 Å². The van der Waals surface area contributed by atoms with Crippen LogP contribution in [0, 0.1) is 0 Å². The maximum absolute atomic E-state index is 11.8. The van der Waals surface area contributed by atoms with Gasteiger partial charge in [-0.15, -0.1) is 0 Å². The summed E-state index contributed by atoms with van der Waals surface area (Å²) in [6.07, 6.45) is 0. The van der Waals surface area contributed by atoms with E-state index in [0.29, 0.717) is 25.2 Å². The van der Waals surface area contributed by atoms with Crippen LogP contribution >= 0.6 is 0 Å². The van der Waals surface area contributed by atoms with E-state index in [0.717, 1.165) is 6.54 Å². The fourth-order valence-electron chi connectivity index (χ4n) is 1.74. The molecule has 0 spiro atoms. The van der Waals surface area contributed by atoms with Crippen LogP contribution in [0.5, 0.6) is 0 Å². The predicted molar refractivity (Wildman–Crippen MR) is 60.2 cm³/mol. The number of amides is 1. The molecule has 1 heterocycles. The van der Waals surface area contributed by atoms with Gasteiger partial charge in [0.15, 0.2) is 5.78 Å². The maximum atomic E-state index is 11.8. The summed E-state index contributed by atoms with van der Waals surface area (Å²) in [5.41, 5.74) is 0.702. The van der Waals surface area contributed by atoms with Gasteiger partial charge in [-0.25, -0.2) is 0 Å². The molecule has 4 heteroatoms. The number of carbonyl (C=O) groups is 2. The van der Waals surface area contributed by atoms with Crippen LogP contribution in [0.25, 0.3) is 0 Å². The smallest absolute Gasteiger partial charge is 0.234 e. The Balaban J connectivity index is 1.95. The van der Waals surface area contributed by atoms with Gasteiger partial charge in [-0.05, 0) is 0 Å². The lowest BCUT2D eigenvalue weighted by Gasteiger charge is -2.25. The van der Waals surface area contributed by atoms with Gasteiger partial charge in [0, 0.05) is 18.7 Å². The van der Waals surface area contributed by atoms with Gasteiger partial charge >= 0.3 is 0 Å². The number of hydrogen-bond acceptors (Lipinski definition) is 3. The molecule has 0 bridgehead atoms. The van der Waals surface area contributed by atoms with E-state index in [-0.39, 0.29) is 11.7 Å². The summed E-state index contributed by atoms with van der Waals surface area (Å²) in [5, 5.41) is 2.73. The lowest BCUT2D eigenvalue weighted by Crippen LogP contribution is -2.49. The number of Topliss-reactive ketones (excluding diaryl/α,β-unsaturated/α-hetero) is 1. The number of piperazine rings is 1. The molecular formula is C12H14N2O2. The number of hydrogen-bond donors (Lipinski definition) is 1. The Labute approximate surface area is 94.2 Å². The summed E-state index contributed by atoms with van der Waals surface area (Å²) in [5.74, 6) is 0.0578. The molecule has 1 aromatic rings. The van der Waals surface area contributed by atoms with Gasteiger partial charge in [0.25, 0.3) is 0 Å². The molecule has 1 N–H and O–H groups in total. The summed E-state index contributed by atoms with van der Waals surface area (Å²) >= 11 is 0. The molecule has 2 rings (SSSR count). The molecule has 0 aliphatic carbocycles. The molecule has 4 nitrogen and oxygen atoms in total. The third-order valence-corrected chi connectivity index (χ3v) is 2.58. The molecule has 0 radical (unpaired) electrons. The maximum Gasteiger partial charge on any atom is 0.234 e. The van der Waals surface area contributed by atoms with E-state index in [4.69, 9.17) is 0 Å². The number of nitrogens with one attached hydrogen (secondary N) is 1. The van der Waals surface area contributed by atoms with Crippen LogP contribution in [0.3, 0.4) is 0 Å². The molecule has 1 fully saturated rings. The Morgan fingerprint density at radius 1 is 1.31 bits per heavy atom. The Hall–Kier alpha value is -1.68. The van der Waals surface area contributed by atoms with Crippen molar-refractivity contribution in [2.24, 2.45) is 0 Å². The molecule has 1 aliphatic heterocycles. The van der Waals surface area contributed by atoms with Gasteiger partial charge in [0.1, 0.15) is 0 Å². The first-order valence-corrected chi connectivity index (χ1v) is 5.33. The highest BCUT2D eigenvalue weighted by Gasteiger charge is 2.18. The second-order valence-electron chi connectivity index (χ2n) is 3.85. The topological polar surface area (TPSA) is 49.4 Å². The normalized spacial score (nSPS) is 16.9. The van der Waals surface area contributed by atoms with Crippen molar-refractivity contribution in [2.45, 2.75) is 0 Å². The quantitative estimate of drug-likeness (QED) is 0.742. The van der Waals surface area contributed by atoms with Crippen molar-refractivity contribution in [3.63, 3.8) is 0 Å². The van der Waals surface area contributed by atoms with Crippen molar-refractivity contribution in [1.82, 2.24) is 10.2 Å². The third-order valence-electron chi connectivity index (χ3n) is 2.58. The fourth-order valence-corrected chi connectivity index (χ4v) is 1.74. The monoisotopic (exact) mass is 218 g/mol. The lowest BCUT2D eigenvalue weighted by atomic mass is 10.1. The van der Waals surface area contributed by atoms with Gasteiger partial charge in [0.05, 0.1) is 13.1 Å². The van der Waals surface area contributed by atoms with Crippen molar-refractivity contribution in [2.75, 3.05) is 26.2 Å². The number of ketones is 1. The van der Waals surface area contributed by atoms with E-state index >= 15 is 0 Å². The standard InChI is InChI=1S/C12H14N2O2/c15-11(10-4-2-1-3-5-10)8-14-7-6-13-12(16)9-14/h1-5H,6-9H2,(H,13,16). The van der Waals surface area contributed by atoms with E-state index in [9.17, 15) is 9.59 Å². The van der Waals surface area contributed by atoms with Crippen LogP contribution in [0.15, 0.2) is 30.3 Å². The zero-order valence-corrected chi connectivity index (χ0v) is 8.98. The number of nitrogens with zero attached hydrogens (tertiary/aromatic N) is 1. The second kappa shape index (κ2) is 4.90. The molecule has 1 amide bonds. The van der Waals surface area contributed by atoms with Crippen LogP contribution in [-0.2, 0) is 4.79 Å². The SMILES string of the molecule is O=C1CN(CC(=O)c2ccccc2)CCN1. The minimum Gasteiger partial charge on any atom is -0.354 e. The zero-order valence-electron chi connectivity index (χ0n) is 8.98. The molecular weight excluding hydrogens is 204 g/mol. The summed E-state index contributed by atoms with van der Waals surface area (Å²) in [6.45, 7) is 2.00. The van der Waals surface area contributed by atoms with Crippen molar-refractivity contribution >= 4 is 11.7 Å². The van der Waals surface area contributed by atoms with Crippen molar-refractivity contribution < 1.29 is 9.59 Å². The summed E-state index contributed by atoms with van der Waals surface area (Å²) in [4.78, 5) is 24.8. The van der Waals surface area contributed by atoms with Gasteiger partial charge in [-0.3, -0.25) is 14.5 Å². The minimum atomic E-state index is -0.00730. The van der Waals surface area contributed by atoms with Gasteiger partial charge in [-0.2, -0.15) is 0 Å². The van der Waals surface area contributed by atoms with Crippen LogP contribution in [0.1, 0.15) is 10.4 Å². The average Bonchev–Trinajstić information content (AvgIpc) is 2.30. The highest BCUT2D eigenvalue weighted by Crippen LogP contribution is 2.02. The minimum absolute atomic E-state index is 0.00730. The number of rotatable bonds is 3. The molecule has 0 aromatic heterocycles. The molecule has 84 valence electrons. The van der Waals surface area contributed by atoms with Gasteiger partial charge in [0.2, 0.25) is 5.91 Å². The van der Waals surface area contributed by atoms with Crippen LogP contribution in [0.4, 0.5) is 0 Å². The van der Waals surface area contributed by atoms with E-state index in [2.05, 4.69) is 5.32 Å². The van der Waals surface area contributed by atoms with Gasteiger partial charge in [-0.1, -0.05) is 30.3 Å². The van der Waals surface area contributed by atoms with Crippen molar-refractivity contribution in [1.29, 1.82) is 0 Å². The lowest BCUT2D eigenvalue weighted by molar-refractivity contribution is -0.123. The summed E-state index contributed by atoms with van der Waals surface area (Å²) < 4.78 is 0. The highest BCUT2D eigenvalue weighted by molar-refractivity contribution is 5.97. The number of benzene rings is 1. The Morgan fingerprint density at radius 3 is 2.75 bits per heavy atom. The summed E-state index contributed by atoms with van der Waals surface area (Å²) in [7, 11) is 0. The summed E-state index contributed by atoms with van der Waals surface area (Å²) in [6, 6.07) is 9.16. The van der Waals surface area contributed by atoms with Crippen molar-refractivity contribution in [3.8, 4) is 0 Å². The zero-order chi connectivity index (χ0) is 11.4. The predicted octanol–water partition coefficient (Wildman–Crippen LogP) is 0.301. The molecule has 0 unspecified atom stereocenters. The van der Waals surface area contributed by atoms with Crippen LogP contribution in [0.2, 0.25) is 0 Å². The number of carbonyl (C=O) groups excluding carboxylic acids is 2. The molecule has 1 aliphatic rings. The third kappa shape index (κ3) is 2.67.